The van der Waals surface area contributed by atoms with E-state index >= 15 is 0 Å². The van der Waals surface area contributed by atoms with Gasteiger partial charge in [0, 0.05) is 6.04 Å². The Kier molecular flexibility index (Phi) is 1.75. The Morgan fingerprint density at radius 2 is 2.18 bits per heavy atom. The number of hydrogen-bond acceptors (Lipinski definition) is 1. The van der Waals surface area contributed by atoms with Crippen molar-refractivity contribution in [3.63, 3.8) is 0 Å². The van der Waals surface area contributed by atoms with E-state index in [0.717, 1.165) is 11.8 Å². The fourth-order valence-electron chi connectivity index (χ4n) is 2.60. The molecular formula is C8H14N2S. The van der Waals surface area contributed by atoms with E-state index in [1.54, 1.807) is 0 Å². The Bertz CT molecular complexity index is 181. The third kappa shape index (κ3) is 1.34. The van der Waals surface area contributed by atoms with Crippen molar-refractivity contribution in [1.82, 2.24) is 5.32 Å². The molecular weight excluding hydrogens is 156 g/mol. The molecule has 0 spiro atoms. The van der Waals surface area contributed by atoms with Crippen LogP contribution in [-0.2, 0) is 0 Å². The van der Waals surface area contributed by atoms with E-state index in [4.69, 9.17) is 18.0 Å². The van der Waals surface area contributed by atoms with Gasteiger partial charge in [-0.1, -0.05) is 6.42 Å². The lowest BCUT2D eigenvalue weighted by Crippen LogP contribution is -2.41. The molecule has 2 fully saturated rings. The second-order valence-electron chi connectivity index (χ2n) is 3.79. The highest BCUT2D eigenvalue weighted by Gasteiger charge is 2.39. The zero-order valence-electron chi connectivity index (χ0n) is 6.55. The topological polar surface area (TPSA) is 38.0 Å². The molecule has 0 amide bonds. The average molecular weight is 170 g/mol. The lowest BCUT2D eigenvalue weighted by molar-refractivity contribution is 0.391. The van der Waals surface area contributed by atoms with Crippen molar-refractivity contribution in [2.24, 2.45) is 17.6 Å². The highest BCUT2D eigenvalue weighted by Crippen LogP contribution is 2.44. The summed E-state index contributed by atoms with van der Waals surface area (Å²) in [5.41, 5.74) is 5.42. The summed E-state index contributed by atoms with van der Waals surface area (Å²) in [5.74, 6) is 1.83. The van der Waals surface area contributed by atoms with E-state index < -0.39 is 0 Å². The molecule has 62 valence electrons. The number of fused-ring (bicyclic) bond motifs is 2. The maximum Gasteiger partial charge on any atom is 0.163 e. The van der Waals surface area contributed by atoms with Gasteiger partial charge in [-0.15, -0.1) is 0 Å². The number of thiocarbonyl (C=S) groups is 1. The Balaban J connectivity index is 1.92. The maximum absolute atomic E-state index is 5.42. The standard InChI is InChI=1S/C8H14N2S/c9-8(11)10-7-4-5-1-2-6(7)3-5/h5-7H,1-4H2,(H3,9,10,11)/t5?,6-,7?/m0/s1. The Labute approximate surface area is 72.5 Å². The smallest absolute Gasteiger partial charge is 0.163 e. The van der Waals surface area contributed by atoms with E-state index in [-0.39, 0.29) is 0 Å². The Morgan fingerprint density at radius 3 is 2.64 bits per heavy atom. The summed E-state index contributed by atoms with van der Waals surface area (Å²) in [4.78, 5) is 0. The molecule has 2 unspecified atom stereocenters. The van der Waals surface area contributed by atoms with E-state index in [0.29, 0.717) is 11.2 Å². The molecule has 2 saturated carbocycles. The van der Waals surface area contributed by atoms with Crippen molar-refractivity contribution in [3.8, 4) is 0 Å². The van der Waals surface area contributed by atoms with Crippen LogP contribution < -0.4 is 11.1 Å². The molecule has 0 radical (unpaired) electrons. The molecule has 2 bridgehead atoms. The van der Waals surface area contributed by atoms with E-state index in [2.05, 4.69) is 5.32 Å². The van der Waals surface area contributed by atoms with Crippen LogP contribution in [0.5, 0.6) is 0 Å². The lowest BCUT2D eigenvalue weighted by atomic mass is 9.96. The quantitative estimate of drug-likeness (QED) is 0.577. The van der Waals surface area contributed by atoms with Crippen molar-refractivity contribution < 1.29 is 0 Å². The molecule has 2 aliphatic carbocycles. The van der Waals surface area contributed by atoms with Crippen molar-refractivity contribution >= 4 is 17.3 Å². The van der Waals surface area contributed by atoms with Gasteiger partial charge in [0.25, 0.3) is 0 Å². The van der Waals surface area contributed by atoms with E-state index in [9.17, 15) is 0 Å². The molecule has 0 aromatic carbocycles. The van der Waals surface area contributed by atoms with Crippen molar-refractivity contribution in [2.75, 3.05) is 0 Å². The summed E-state index contributed by atoms with van der Waals surface area (Å²) in [6.45, 7) is 0. The second kappa shape index (κ2) is 2.63. The third-order valence-electron chi connectivity index (χ3n) is 3.07. The summed E-state index contributed by atoms with van der Waals surface area (Å²) < 4.78 is 0. The van der Waals surface area contributed by atoms with Gasteiger partial charge in [-0.3, -0.25) is 0 Å². The largest absolute Gasteiger partial charge is 0.376 e. The van der Waals surface area contributed by atoms with Crippen LogP contribution in [0.15, 0.2) is 0 Å². The molecule has 2 rings (SSSR count). The molecule has 2 aliphatic rings. The first-order valence-electron chi connectivity index (χ1n) is 4.31. The highest BCUT2D eigenvalue weighted by atomic mass is 32.1. The first-order chi connectivity index (χ1) is 5.25. The normalized spacial score (nSPS) is 40.9. The van der Waals surface area contributed by atoms with Crippen LogP contribution in [0.3, 0.4) is 0 Å². The minimum Gasteiger partial charge on any atom is -0.376 e. The van der Waals surface area contributed by atoms with Gasteiger partial charge in [0.1, 0.15) is 0 Å². The highest BCUT2D eigenvalue weighted by molar-refractivity contribution is 7.80. The van der Waals surface area contributed by atoms with Gasteiger partial charge in [-0.2, -0.15) is 0 Å². The first-order valence-corrected chi connectivity index (χ1v) is 4.72. The first kappa shape index (κ1) is 7.35. The monoisotopic (exact) mass is 170 g/mol. The van der Waals surface area contributed by atoms with Crippen LogP contribution in [0, 0.1) is 11.8 Å². The zero-order chi connectivity index (χ0) is 7.84. The lowest BCUT2D eigenvalue weighted by Gasteiger charge is -2.22. The summed E-state index contributed by atoms with van der Waals surface area (Å²) in [7, 11) is 0. The maximum atomic E-state index is 5.42. The minimum absolute atomic E-state index is 0.475. The van der Waals surface area contributed by atoms with Crippen LogP contribution in [0.2, 0.25) is 0 Å². The van der Waals surface area contributed by atoms with Crippen molar-refractivity contribution in [2.45, 2.75) is 31.7 Å². The molecule has 3 N–H and O–H groups in total. The van der Waals surface area contributed by atoms with Crippen LogP contribution in [-0.4, -0.2) is 11.2 Å². The third-order valence-corrected chi connectivity index (χ3v) is 3.18. The van der Waals surface area contributed by atoms with Crippen molar-refractivity contribution in [1.29, 1.82) is 0 Å². The van der Waals surface area contributed by atoms with Crippen LogP contribution in [0.25, 0.3) is 0 Å². The number of rotatable bonds is 1. The molecule has 3 heteroatoms. The zero-order valence-corrected chi connectivity index (χ0v) is 7.36. The predicted molar refractivity (Wildman–Crippen MR) is 49.2 cm³/mol. The van der Waals surface area contributed by atoms with Crippen LogP contribution >= 0.6 is 12.2 Å². The van der Waals surface area contributed by atoms with Gasteiger partial charge in [0.15, 0.2) is 5.11 Å². The van der Waals surface area contributed by atoms with Gasteiger partial charge in [0.05, 0.1) is 0 Å². The van der Waals surface area contributed by atoms with Gasteiger partial charge >= 0.3 is 0 Å². The van der Waals surface area contributed by atoms with Crippen LogP contribution in [0.1, 0.15) is 25.7 Å². The summed E-state index contributed by atoms with van der Waals surface area (Å²) >= 11 is 4.81. The molecule has 0 saturated heterocycles. The molecule has 2 nitrogen and oxygen atoms in total. The van der Waals surface area contributed by atoms with Crippen LogP contribution in [0.4, 0.5) is 0 Å². The average Bonchev–Trinajstić information content (AvgIpc) is 2.45. The Hall–Kier alpha value is -0.310. The molecule has 0 heterocycles. The van der Waals surface area contributed by atoms with Gasteiger partial charge in [0.2, 0.25) is 0 Å². The van der Waals surface area contributed by atoms with Gasteiger partial charge < -0.3 is 11.1 Å². The summed E-state index contributed by atoms with van der Waals surface area (Å²) in [6, 6.07) is 0.603. The number of hydrogen-bond donors (Lipinski definition) is 2. The molecule has 11 heavy (non-hydrogen) atoms. The minimum atomic E-state index is 0.475. The van der Waals surface area contributed by atoms with Crippen molar-refractivity contribution in [3.05, 3.63) is 0 Å². The van der Waals surface area contributed by atoms with E-state index in [1.165, 1.54) is 25.7 Å². The van der Waals surface area contributed by atoms with E-state index in [1.807, 2.05) is 0 Å². The fraction of sp³-hybridized carbons (Fsp3) is 0.875. The number of nitrogens with one attached hydrogen (secondary N) is 1. The molecule has 0 aliphatic heterocycles. The summed E-state index contributed by atoms with van der Waals surface area (Å²) in [5, 5.41) is 3.66. The van der Waals surface area contributed by atoms with Gasteiger partial charge in [-0.25, -0.2) is 0 Å². The van der Waals surface area contributed by atoms with Gasteiger partial charge in [-0.05, 0) is 43.3 Å². The summed E-state index contributed by atoms with van der Waals surface area (Å²) in [6.07, 6.45) is 5.51. The number of nitrogens with two attached hydrogens (primary N) is 1. The Morgan fingerprint density at radius 1 is 1.36 bits per heavy atom. The molecule has 0 aromatic heterocycles. The second-order valence-corrected chi connectivity index (χ2v) is 4.23. The molecule has 0 aromatic rings. The SMILES string of the molecule is NC(=S)NC1CC2CC[C@H]1C2. The fourth-order valence-corrected chi connectivity index (χ4v) is 2.76. The molecule has 3 atom stereocenters. The predicted octanol–water partition coefficient (Wildman–Crippen LogP) is 1.01.